The number of hydrogen-bond acceptors (Lipinski definition) is 7. The third-order valence-corrected chi connectivity index (χ3v) is 5.46. The summed E-state index contributed by atoms with van der Waals surface area (Å²) in [5.41, 5.74) is 1.31. The molecule has 0 atom stereocenters. The summed E-state index contributed by atoms with van der Waals surface area (Å²) >= 11 is 0. The Kier molecular flexibility index (Phi) is 6.71. The summed E-state index contributed by atoms with van der Waals surface area (Å²) in [6, 6.07) is 1.83. The molecule has 10 heteroatoms. The predicted molar refractivity (Wildman–Crippen MR) is 106 cm³/mol. The quantitative estimate of drug-likeness (QED) is 0.706. The number of piperazine rings is 1. The van der Waals surface area contributed by atoms with Gasteiger partial charge in [-0.2, -0.15) is 0 Å². The van der Waals surface area contributed by atoms with E-state index >= 15 is 0 Å². The first kappa shape index (κ1) is 21.5. The maximum absolute atomic E-state index is 12.7. The van der Waals surface area contributed by atoms with Gasteiger partial charge in [-0.15, -0.1) is 12.4 Å². The lowest BCUT2D eigenvalue weighted by atomic mass is 9.97. The van der Waals surface area contributed by atoms with E-state index in [1.807, 2.05) is 6.07 Å². The standard InChI is InChI=1S/C19H25N3O6.ClH/c1-20-3-2-13-10-14-17(28-12-27-14)18(16(13)19(20)25)26-11-15(24)22-6-4-21(5-7-22)8-9-23;/h10,23H,2-9,11-12H2,1H3;1H. The van der Waals surface area contributed by atoms with Crippen LogP contribution in [0.2, 0.25) is 0 Å². The molecule has 0 radical (unpaired) electrons. The number of carbonyl (C=O) groups is 2. The van der Waals surface area contributed by atoms with Gasteiger partial charge in [-0.3, -0.25) is 14.5 Å². The maximum Gasteiger partial charge on any atom is 0.260 e. The van der Waals surface area contributed by atoms with Crippen molar-refractivity contribution < 1.29 is 28.9 Å². The van der Waals surface area contributed by atoms with Gasteiger partial charge in [0, 0.05) is 46.3 Å². The van der Waals surface area contributed by atoms with Crippen LogP contribution in [-0.4, -0.2) is 97.9 Å². The smallest absolute Gasteiger partial charge is 0.260 e. The fourth-order valence-electron chi connectivity index (χ4n) is 3.80. The van der Waals surface area contributed by atoms with Crippen molar-refractivity contribution in [3.63, 3.8) is 0 Å². The Morgan fingerprint density at radius 3 is 2.69 bits per heavy atom. The molecule has 1 aromatic rings. The fourth-order valence-corrected chi connectivity index (χ4v) is 3.80. The van der Waals surface area contributed by atoms with Gasteiger partial charge < -0.3 is 29.1 Å². The number of benzene rings is 1. The molecule has 4 rings (SSSR count). The summed E-state index contributed by atoms with van der Waals surface area (Å²) in [7, 11) is 1.75. The number of likely N-dealkylation sites (N-methyl/N-ethyl adjacent to an activating group) is 1. The van der Waals surface area contributed by atoms with Crippen LogP contribution in [0.1, 0.15) is 15.9 Å². The van der Waals surface area contributed by atoms with Crippen molar-refractivity contribution in [3.8, 4) is 17.2 Å². The predicted octanol–water partition coefficient (Wildman–Crippen LogP) is -0.0195. The maximum atomic E-state index is 12.7. The van der Waals surface area contributed by atoms with Crippen molar-refractivity contribution in [2.45, 2.75) is 6.42 Å². The van der Waals surface area contributed by atoms with Crippen LogP contribution in [0.15, 0.2) is 6.07 Å². The van der Waals surface area contributed by atoms with Crippen LogP contribution in [0.25, 0.3) is 0 Å². The average Bonchev–Trinajstić information content (AvgIpc) is 3.17. The van der Waals surface area contributed by atoms with Crippen LogP contribution in [0.3, 0.4) is 0 Å². The Morgan fingerprint density at radius 1 is 1.21 bits per heavy atom. The molecule has 160 valence electrons. The van der Waals surface area contributed by atoms with Gasteiger partial charge in [0.15, 0.2) is 18.1 Å². The number of ether oxygens (including phenoxy) is 3. The van der Waals surface area contributed by atoms with Gasteiger partial charge in [-0.25, -0.2) is 0 Å². The molecule has 0 aromatic heterocycles. The number of aliphatic hydroxyl groups excluding tert-OH is 1. The summed E-state index contributed by atoms with van der Waals surface area (Å²) in [5.74, 6) is 0.970. The van der Waals surface area contributed by atoms with Gasteiger partial charge in [0.05, 0.1) is 12.2 Å². The van der Waals surface area contributed by atoms with E-state index < -0.39 is 0 Å². The zero-order valence-corrected chi connectivity index (χ0v) is 17.2. The highest BCUT2D eigenvalue weighted by Crippen LogP contribution is 2.46. The minimum atomic E-state index is -0.163. The molecule has 0 spiro atoms. The Balaban J connectivity index is 0.00000240. The van der Waals surface area contributed by atoms with Crippen molar-refractivity contribution in [2.75, 3.05) is 66.3 Å². The molecule has 0 unspecified atom stereocenters. The van der Waals surface area contributed by atoms with Crippen LogP contribution in [0, 0.1) is 0 Å². The zero-order chi connectivity index (χ0) is 19.7. The largest absolute Gasteiger partial charge is 0.479 e. The summed E-state index contributed by atoms with van der Waals surface area (Å²) in [5, 5.41) is 9.02. The summed E-state index contributed by atoms with van der Waals surface area (Å²) in [4.78, 5) is 30.8. The number of halogens is 1. The van der Waals surface area contributed by atoms with Crippen molar-refractivity contribution in [1.82, 2.24) is 14.7 Å². The Labute approximate surface area is 175 Å². The second kappa shape index (κ2) is 9.06. The van der Waals surface area contributed by atoms with Crippen LogP contribution < -0.4 is 14.2 Å². The van der Waals surface area contributed by atoms with E-state index in [1.54, 1.807) is 16.8 Å². The van der Waals surface area contributed by atoms with Gasteiger partial charge in [0.1, 0.15) is 0 Å². The molecule has 1 saturated heterocycles. The van der Waals surface area contributed by atoms with Crippen molar-refractivity contribution >= 4 is 24.2 Å². The number of rotatable bonds is 5. The molecular weight excluding hydrogens is 402 g/mol. The van der Waals surface area contributed by atoms with Gasteiger partial charge in [0.2, 0.25) is 12.5 Å². The molecule has 0 aliphatic carbocycles. The number of β-amino-alcohol motifs (C(OH)–C–C–N with tert-alkyl or cyclic N) is 1. The first-order valence-electron chi connectivity index (χ1n) is 9.53. The number of nitrogens with zero attached hydrogens (tertiary/aromatic N) is 3. The number of aliphatic hydroxyl groups is 1. The van der Waals surface area contributed by atoms with Crippen LogP contribution >= 0.6 is 12.4 Å². The molecule has 9 nitrogen and oxygen atoms in total. The lowest BCUT2D eigenvalue weighted by Crippen LogP contribution is -2.50. The Morgan fingerprint density at radius 2 is 1.97 bits per heavy atom. The number of carbonyl (C=O) groups excluding carboxylic acids is 2. The fraction of sp³-hybridized carbons (Fsp3) is 0.579. The minimum absolute atomic E-state index is 0. The topological polar surface area (TPSA) is 91.8 Å². The Hall–Kier alpha value is -2.23. The average molecular weight is 428 g/mol. The Bertz CT molecular complexity index is 782. The summed E-state index contributed by atoms with van der Waals surface area (Å²) in [6.45, 7) is 3.90. The van der Waals surface area contributed by atoms with E-state index in [4.69, 9.17) is 19.3 Å². The zero-order valence-electron chi connectivity index (χ0n) is 16.4. The molecule has 1 N–H and O–H groups in total. The van der Waals surface area contributed by atoms with E-state index in [0.29, 0.717) is 55.4 Å². The van der Waals surface area contributed by atoms with Gasteiger partial charge >= 0.3 is 0 Å². The number of hydrogen-bond donors (Lipinski definition) is 1. The summed E-state index contributed by atoms with van der Waals surface area (Å²) < 4.78 is 16.9. The van der Waals surface area contributed by atoms with Gasteiger partial charge in [-0.05, 0) is 18.1 Å². The second-order valence-corrected chi connectivity index (χ2v) is 7.19. The minimum Gasteiger partial charge on any atom is -0.479 e. The molecule has 0 saturated carbocycles. The second-order valence-electron chi connectivity index (χ2n) is 7.19. The highest BCUT2D eigenvalue weighted by atomic mass is 35.5. The molecular formula is C19H26ClN3O6. The molecule has 3 aliphatic rings. The first-order valence-corrected chi connectivity index (χ1v) is 9.53. The van der Waals surface area contributed by atoms with Gasteiger partial charge in [-0.1, -0.05) is 0 Å². The van der Waals surface area contributed by atoms with Crippen molar-refractivity contribution in [3.05, 3.63) is 17.2 Å². The molecule has 3 aliphatic heterocycles. The molecule has 0 bridgehead atoms. The molecule has 29 heavy (non-hydrogen) atoms. The number of fused-ring (bicyclic) bond motifs is 2. The van der Waals surface area contributed by atoms with E-state index in [2.05, 4.69) is 4.90 Å². The van der Waals surface area contributed by atoms with Crippen LogP contribution in [0.5, 0.6) is 17.2 Å². The van der Waals surface area contributed by atoms with E-state index in [9.17, 15) is 9.59 Å². The lowest BCUT2D eigenvalue weighted by Gasteiger charge is -2.34. The number of amides is 2. The van der Waals surface area contributed by atoms with Gasteiger partial charge in [0.25, 0.3) is 11.8 Å². The normalized spacial score (nSPS) is 18.3. The highest BCUT2D eigenvalue weighted by molar-refractivity contribution is 6.01. The summed E-state index contributed by atoms with van der Waals surface area (Å²) in [6.07, 6.45) is 0.700. The van der Waals surface area contributed by atoms with Crippen LogP contribution in [-0.2, 0) is 11.2 Å². The lowest BCUT2D eigenvalue weighted by molar-refractivity contribution is -0.135. The first-order chi connectivity index (χ1) is 13.6. The van der Waals surface area contributed by atoms with Crippen LogP contribution in [0.4, 0.5) is 0 Å². The molecule has 1 aromatic carbocycles. The molecule has 2 amide bonds. The third kappa shape index (κ3) is 4.22. The third-order valence-electron chi connectivity index (χ3n) is 5.46. The molecule has 3 heterocycles. The van der Waals surface area contributed by atoms with Crippen molar-refractivity contribution in [2.24, 2.45) is 0 Å². The van der Waals surface area contributed by atoms with Crippen molar-refractivity contribution in [1.29, 1.82) is 0 Å². The monoisotopic (exact) mass is 427 g/mol. The SMILES string of the molecule is CN1CCc2cc3c(c(OCC(=O)N4CCN(CCO)CC4)c2C1=O)OCO3.Cl. The highest BCUT2D eigenvalue weighted by Gasteiger charge is 2.33. The van der Waals surface area contributed by atoms with E-state index in [1.165, 1.54) is 0 Å². The molecule has 1 fully saturated rings. The van der Waals surface area contributed by atoms with E-state index in [0.717, 1.165) is 18.7 Å². The van der Waals surface area contributed by atoms with E-state index in [-0.39, 0.29) is 44.2 Å².